The fraction of sp³-hybridized carbons (Fsp3) is 0.316. The molecule has 3 aliphatic heterocycles. The molecule has 0 bridgehead atoms. The Kier molecular flexibility index (Phi) is 4.41. The van der Waals surface area contributed by atoms with Crippen molar-refractivity contribution in [1.29, 1.82) is 0 Å². The summed E-state index contributed by atoms with van der Waals surface area (Å²) in [6, 6.07) is 8.07. The van der Waals surface area contributed by atoms with Crippen molar-refractivity contribution in [1.82, 2.24) is 19.7 Å². The fourth-order valence-corrected chi connectivity index (χ4v) is 3.34. The van der Waals surface area contributed by atoms with E-state index in [0.29, 0.717) is 11.3 Å². The highest BCUT2D eigenvalue weighted by Crippen LogP contribution is 2.24. The van der Waals surface area contributed by atoms with Gasteiger partial charge in [0, 0.05) is 49.9 Å². The van der Waals surface area contributed by atoms with E-state index in [1.165, 1.54) is 7.11 Å². The molecule has 0 unspecified atom stereocenters. The molecule has 27 heavy (non-hydrogen) atoms. The zero-order valence-corrected chi connectivity index (χ0v) is 15.3. The molecule has 0 amide bonds. The van der Waals surface area contributed by atoms with E-state index in [1.54, 1.807) is 17.0 Å². The van der Waals surface area contributed by atoms with Crippen molar-refractivity contribution in [3.8, 4) is 16.9 Å². The summed E-state index contributed by atoms with van der Waals surface area (Å²) < 4.78 is 6.58. The van der Waals surface area contributed by atoms with Gasteiger partial charge in [-0.25, -0.2) is 9.89 Å². The maximum absolute atomic E-state index is 12.1. The van der Waals surface area contributed by atoms with Gasteiger partial charge in [0.15, 0.2) is 0 Å². The monoisotopic (exact) mass is 367 g/mol. The second kappa shape index (κ2) is 6.88. The van der Waals surface area contributed by atoms with Crippen molar-refractivity contribution in [3.63, 3.8) is 0 Å². The maximum Gasteiger partial charge on any atom is 0.341 e. The van der Waals surface area contributed by atoms with Crippen LogP contribution in [0.4, 0.5) is 5.69 Å². The molecule has 8 nitrogen and oxygen atoms in total. The number of carbonyl (C=O) groups is 1. The zero-order chi connectivity index (χ0) is 19.0. The minimum atomic E-state index is -0.532. The molecule has 0 saturated carbocycles. The van der Waals surface area contributed by atoms with Gasteiger partial charge in [-0.05, 0) is 31.3 Å². The first-order valence-electron chi connectivity index (χ1n) is 8.79. The number of nitrogens with zero attached hydrogens (tertiary/aromatic N) is 4. The predicted octanol–water partition coefficient (Wildman–Crippen LogP) is 1.20. The summed E-state index contributed by atoms with van der Waals surface area (Å²) in [5.74, 6) is -0.532. The summed E-state index contributed by atoms with van der Waals surface area (Å²) in [6.07, 6.45) is 3.32. The van der Waals surface area contributed by atoms with E-state index in [0.717, 1.165) is 37.6 Å². The van der Waals surface area contributed by atoms with Gasteiger partial charge in [0.25, 0.3) is 5.56 Å². The van der Waals surface area contributed by atoms with Crippen LogP contribution in [0, 0.1) is 0 Å². The second-order valence-corrected chi connectivity index (χ2v) is 6.69. The van der Waals surface area contributed by atoms with Crippen LogP contribution in [0.15, 0.2) is 41.5 Å². The first-order chi connectivity index (χ1) is 13.1. The second-order valence-electron chi connectivity index (χ2n) is 6.69. The molecular weight excluding hydrogens is 346 g/mol. The molecule has 1 aromatic carbocycles. The molecule has 0 aromatic heterocycles. The summed E-state index contributed by atoms with van der Waals surface area (Å²) >= 11 is 0. The number of ether oxygens (including phenoxy) is 1. The number of carbonyl (C=O) groups excluding carboxylic acids is 1. The number of hydrogen-bond donors (Lipinski definition) is 1. The number of aromatic amines is 1. The number of methoxy groups -OCH3 is 1. The Bertz CT molecular complexity index is 983. The van der Waals surface area contributed by atoms with Crippen LogP contribution in [0.5, 0.6) is 0 Å². The van der Waals surface area contributed by atoms with Gasteiger partial charge in [-0.1, -0.05) is 0 Å². The van der Waals surface area contributed by atoms with Gasteiger partial charge in [0.2, 0.25) is 0 Å². The Labute approximate surface area is 156 Å². The van der Waals surface area contributed by atoms with Crippen molar-refractivity contribution in [2.45, 2.75) is 0 Å². The number of H-pyrrole nitrogens is 1. The highest BCUT2D eigenvalue weighted by Gasteiger charge is 2.22. The van der Waals surface area contributed by atoms with Gasteiger partial charge in [-0.3, -0.25) is 4.79 Å². The molecule has 4 rings (SSSR count). The average molecular weight is 367 g/mol. The minimum absolute atomic E-state index is 0.247. The number of piperazine rings is 1. The average Bonchev–Trinajstić information content (AvgIpc) is 3.08. The molecule has 0 spiro atoms. The zero-order valence-electron chi connectivity index (χ0n) is 15.3. The lowest BCUT2D eigenvalue weighted by atomic mass is 10.1. The van der Waals surface area contributed by atoms with Crippen LogP contribution < -0.4 is 10.5 Å². The minimum Gasteiger partial charge on any atom is -0.465 e. The van der Waals surface area contributed by atoms with Crippen LogP contribution in [-0.4, -0.2) is 66.0 Å². The molecule has 3 heterocycles. The number of benzene rings is 1. The number of nitrogens with one attached hydrogen (secondary N) is 1. The molecule has 140 valence electrons. The molecular formula is C19H21N5O3. The lowest BCUT2D eigenvalue weighted by Gasteiger charge is -2.34. The van der Waals surface area contributed by atoms with E-state index in [9.17, 15) is 9.59 Å². The largest absolute Gasteiger partial charge is 0.465 e. The normalized spacial score (nSPS) is 15.3. The van der Waals surface area contributed by atoms with E-state index in [-0.39, 0.29) is 11.1 Å². The number of anilines is 1. The Hall–Kier alpha value is -3.13. The summed E-state index contributed by atoms with van der Waals surface area (Å²) in [7, 11) is 3.44. The summed E-state index contributed by atoms with van der Waals surface area (Å²) in [6.45, 7) is 4.08. The summed E-state index contributed by atoms with van der Waals surface area (Å²) in [5.41, 5.74) is 2.59. The number of hydrogen-bond acceptors (Lipinski definition) is 6. The Morgan fingerprint density at radius 2 is 1.74 bits per heavy atom. The number of aromatic nitrogens is 3. The third-order valence-corrected chi connectivity index (χ3v) is 4.98. The highest BCUT2D eigenvalue weighted by atomic mass is 16.5. The third kappa shape index (κ3) is 3.19. The molecule has 1 saturated heterocycles. The van der Waals surface area contributed by atoms with Crippen molar-refractivity contribution in [2.24, 2.45) is 0 Å². The van der Waals surface area contributed by atoms with Crippen LogP contribution in [0.1, 0.15) is 10.4 Å². The molecule has 1 N–H and O–H groups in total. The van der Waals surface area contributed by atoms with Crippen molar-refractivity contribution in [3.05, 3.63) is 52.6 Å². The number of rotatable bonds is 3. The van der Waals surface area contributed by atoms with Crippen LogP contribution >= 0.6 is 0 Å². The van der Waals surface area contributed by atoms with Crippen molar-refractivity contribution in [2.75, 3.05) is 45.2 Å². The highest BCUT2D eigenvalue weighted by molar-refractivity contribution is 5.96. The predicted molar refractivity (Wildman–Crippen MR) is 102 cm³/mol. The molecule has 1 fully saturated rings. The van der Waals surface area contributed by atoms with E-state index in [1.807, 2.05) is 12.1 Å². The van der Waals surface area contributed by atoms with Gasteiger partial charge < -0.3 is 19.1 Å². The first kappa shape index (κ1) is 17.3. The summed E-state index contributed by atoms with van der Waals surface area (Å²) in [5, 5.41) is 6.33. The van der Waals surface area contributed by atoms with E-state index in [2.05, 4.69) is 39.2 Å². The summed E-state index contributed by atoms with van der Waals surface area (Å²) in [4.78, 5) is 28.8. The Morgan fingerprint density at radius 1 is 1.07 bits per heavy atom. The first-order valence-corrected chi connectivity index (χ1v) is 8.79. The third-order valence-electron chi connectivity index (χ3n) is 4.98. The number of esters is 1. The van der Waals surface area contributed by atoms with Crippen LogP contribution in [-0.2, 0) is 4.74 Å². The quantitative estimate of drug-likeness (QED) is 0.701. The smallest absolute Gasteiger partial charge is 0.341 e. The molecule has 0 radical (unpaired) electrons. The van der Waals surface area contributed by atoms with Gasteiger partial charge in [-0.2, -0.15) is 5.10 Å². The van der Waals surface area contributed by atoms with E-state index < -0.39 is 5.97 Å². The van der Waals surface area contributed by atoms with Crippen LogP contribution in [0.3, 0.4) is 0 Å². The molecule has 1 aromatic rings. The standard InChI is InChI=1S/C19H21N5O3/c1-22-7-9-23(10-8-22)13-3-5-14(6-4-13)24-11-15-17(20-21-18(15)25)16(12-24)19(26)27-2/h3-6,11-12H,7-10H2,1-2H3,(H,21,25). The molecule has 3 aliphatic rings. The molecule has 0 atom stereocenters. The molecule has 0 aliphatic carbocycles. The topological polar surface area (TPSA) is 83.5 Å². The maximum atomic E-state index is 12.1. The van der Waals surface area contributed by atoms with Crippen LogP contribution in [0.2, 0.25) is 0 Å². The van der Waals surface area contributed by atoms with Gasteiger partial charge in [-0.15, -0.1) is 0 Å². The fourth-order valence-electron chi connectivity index (χ4n) is 3.34. The van der Waals surface area contributed by atoms with Crippen molar-refractivity contribution < 1.29 is 9.53 Å². The molecule has 8 heteroatoms. The van der Waals surface area contributed by atoms with E-state index >= 15 is 0 Å². The number of fused-ring (bicyclic) bond motifs is 1. The van der Waals surface area contributed by atoms with Gasteiger partial charge in [0.05, 0.1) is 12.7 Å². The van der Waals surface area contributed by atoms with E-state index in [4.69, 9.17) is 4.74 Å². The van der Waals surface area contributed by atoms with Crippen LogP contribution in [0.25, 0.3) is 16.9 Å². The van der Waals surface area contributed by atoms with Gasteiger partial charge in [0.1, 0.15) is 11.3 Å². The van der Waals surface area contributed by atoms with Crippen molar-refractivity contribution >= 4 is 11.7 Å². The Balaban J connectivity index is 1.70. The number of likely N-dealkylation sites (N-methyl/N-ethyl adjacent to an activating group) is 1. The lowest BCUT2D eigenvalue weighted by molar-refractivity contribution is 0.0600. The Morgan fingerprint density at radius 3 is 2.41 bits per heavy atom. The van der Waals surface area contributed by atoms with Gasteiger partial charge >= 0.3 is 5.97 Å². The number of pyridine rings is 1. The SMILES string of the molecule is COC(=O)c1cn(-c2ccc(N3CCN(C)CC3)cc2)cc2c(=O)[nH]nc1-2. The lowest BCUT2D eigenvalue weighted by Crippen LogP contribution is -2.44.